The minimum atomic E-state index is -3.88. The second-order valence-electron chi connectivity index (χ2n) is 8.43. The fourth-order valence-corrected chi connectivity index (χ4v) is 5.55. The Kier molecular flexibility index (Phi) is 10.8. The number of hydrogen-bond acceptors (Lipinski definition) is 7. The van der Waals surface area contributed by atoms with Gasteiger partial charge in [-0.15, -0.1) is 5.10 Å². The van der Waals surface area contributed by atoms with Crippen molar-refractivity contribution < 1.29 is 17.4 Å². The largest absolute Gasteiger partial charge is 0.379 e. The smallest absolute Gasteiger partial charge is 0.339 e. The van der Waals surface area contributed by atoms with Gasteiger partial charge in [0, 0.05) is 0 Å². The van der Waals surface area contributed by atoms with Crippen LogP contribution in [0.15, 0.2) is 69.7 Å². The lowest BCUT2D eigenvalue weighted by atomic mass is 10.1. The van der Waals surface area contributed by atoms with Crippen LogP contribution in [0, 0.1) is 0 Å². The number of rotatable bonds is 14. The van der Waals surface area contributed by atoms with Crippen molar-refractivity contribution in [1.29, 1.82) is 0 Å². The molecule has 0 bridgehead atoms. The Labute approximate surface area is 212 Å². The van der Waals surface area contributed by atoms with Crippen molar-refractivity contribution in [1.82, 2.24) is 5.32 Å². The van der Waals surface area contributed by atoms with Crippen LogP contribution in [-0.2, 0) is 14.9 Å². The maximum atomic E-state index is 12.3. The summed E-state index contributed by atoms with van der Waals surface area (Å²) in [6.07, 6.45) is 12.3. The molecular weight excluding hydrogens is 482 g/mol. The Morgan fingerprint density at radius 3 is 2.29 bits per heavy atom. The van der Waals surface area contributed by atoms with Crippen LogP contribution in [0.3, 0.4) is 0 Å². The van der Waals surface area contributed by atoms with E-state index in [1.54, 1.807) is 48.7 Å². The van der Waals surface area contributed by atoms with Crippen LogP contribution >= 0.6 is 11.8 Å². The maximum absolute atomic E-state index is 12.3. The molecule has 1 atom stereocenters. The topological polar surface area (TPSA) is 97.2 Å². The Bertz CT molecular complexity index is 1100. The molecule has 1 amide bonds. The Morgan fingerprint density at radius 2 is 1.60 bits per heavy atom. The molecule has 0 radical (unpaired) electrons. The van der Waals surface area contributed by atoms with E-state index in [4.69, 9.17) is 4.18 Å². The molecule has 1 aliphatic heterocycles. The first-order valence-corrected chi connectivity index (χ1v) is 14.4. The van der Waals surface area contributed by atoms with Gasteiger partial charge in [0.15, 0.2) is 5.17 Å². The van der Waals surface area contributed by atoms with Gasteiger partial charge >= 0.3 is 10.1 Å². The number of carbonyl (C=O) groups excluding carboxylic acids is 1. The molecule has 35 heavy (non-hydrogen) atoms. The number of thioether (sulfide) groups is 1. The molecule has 188 valence electrons. The van der Waals surface area contributed by atoms with Crippen LogP contribution in [0.4, 0.5) is 0 Å². The predicted octanol–water partition coefficient (Wildman–Crippen LogP) is 5.91. The van der Waals surface area contributed by atoms with E-state index in [1.807, 2.05) is 0 Å². The highest BCUT2D eigenvalue weighted by Gasteiger charge is 2.29. The lowest BCUT2D eigenvalue weighted by molar-refractivity contribution is -0.118. The number of hydrogen-bond donors (Lipinski definition) is 1. The van der Waals surface area contributed by atoms with E-state index in [9.17, 15) is 13.2 Å². The molecule has 1 heterocycles. The Hall–Kier alpha value is -2.65. The molecular formula is C26H33N3O4S2. The molecule has 0 aromatic heterocycles. The third-order valence-corrected chi connectivity index (χ3v) is 7.97. The van der Waals surface area contributed by atoms with Crippen molar-refractivity contribution in [3.8, 4) is 5.75 Å². The summed E-state index contributed by atoms with van der Waals surface area (Å²) in [4.78, 5) is 12.3. The molecule has 0 aliphatic carbocycles. The van der Waals surface area contributed by atoms with Crippen LogP contribution in [0.25, 0.3) is 0 Å². The van der Waals surface area contributed by atoms with Crippen LogP contribution in [0.5, 0.6) is 5.75 Å². The molecule has 3 rings (SSSR count). The number of amidine groups is 1. The quantitative estimate of drug-likeness (QED) is 0.146. The normalized spacial score (nSPS) is 17.2. The number of nitrogens with zero attached hydrogens (tertiary/aromatic N) is 2. The number of unbranched alkanes of at least 4 members (excludes halogenated alkanes) is 7. The highest BCUT2D eigenvalue weighted by atomic mass is 32.2. The van der Waals surface area contributed by atoms with Gasteiger partial charge in [-0.25, -0.2) is 0 Å². The average Bonchev–Trinajstić information content (AvgIpc) is 3.21. The summed E-state index contributed by atoms with van der Waals surface area (Å²) in [5.41, 5.74) is 0.726. The van der Waals surface area contributed by atoms with Crippen LogP contribution < -0.4 is 9.50 Å². The zero-order chi connectivity index (χ0) is 24.9. The molecule has 1 fully saturated rings. The van der Waals surface area contributed by atoms with E-state index in [2.05, 4.69) is 22.4 Å². The van der Waals surface area contributed by atoms with Gasteiger partial charge in [0.2, 0.25) is 5.91 Å². The second-order valence-corrected chi connectivity index (χ2v) is 11.2. The molecule has 2 aromatic carbocycles. The third kappa shape index (κ3) is 9.14. The van der Waals surface area contributed by atoms with Gasteiger partial charge in [0.1, 0.15) is 10.6 Å². The summed E-state index contributed by atoms with van der Waals surface area (Å²) in [6.45, 7) is 2.23. The first kappa shape index (κ1) is 26.9. The summed E-state index contributed by atoms with van der Waals surface area (Å²) in [6, 6.07) is 14.5. The molecule has 0 spiro atoms. The lowest BCUT2D eigenvalue weighted by Crippen LogP contribution is -2.24. The molecule has 9 heteroatoms. The molecule has 1 aliphatic rings. The number of nitrogens with one attached hydrogen (secondary N) is 1. The summed E-state index contributed by atoms with van der Waals surface area (Å²) in [7, 11) is -3.88. The molecule has 0 saturated carbocycles. The van der Waals surface area contributed by atoms with E-state index in [1.165, 1.54) is 62.4 Å². The zero-order valence-corrected chi connectivity index (χ0v) is 21.7. The maximum Gasteiger partial charge on any atom is 0.339 e. The minimum absolute atomic E-state index is 0.00646. The van der Waals surface area contributed by atoms with Crippen molar-refractivity contribution in [3.63, 3.8) is 0 Å². The van der Waals surface area contributed by atoms with Crippen molar-refractivity contribution in [2.45, 2.75) is 74.9 Å². The SMILES string of the molecule is CCCCCCCCCCC1S/C(=N/N=C/c2ccc(OS(=O)(=O)c3ccccc3)cc2)NC1=O. The standard InChI is InChI=1S/C26H33N3O4S2/c1-2-3-4-5-6-7-8-12-15-24-25(30)28-26(34-24)29-27-20-21-16-18-22(19-17-21)33-35(31,32)23-13-10-9-11-14-23/h9-11,13-14,16-20,24H,2-8,12,15H2,1H3,(H,28,29,30)/b27-20+. The van der Waals surface area contributed by atoms with Gasteiger partial charge in [-0.1, -0.05) is 88.3 Å². The van der Waals surface area contributed by atoms with Crippen molar-refractivity contribution in [2.24, 2.45) is 10.2 Å². The van der Waals surface area contributed by atoms with Gasteiger partial charge in [-0.05, 0) is 48.4 Å². The van der Waals surface area contributed by atoms with Gasteiger partial charge in [-0.3, -0.25) is 4.79 Å². The summed E-state index contributed by atoms with van der Waals surface area (Å²) in [5.74, 6) is 0.202. The number of benzene rings is 2. The Balaban J connectivity index is 1.42. The average molecular weight is 516 g/mol. The molecule has 1 N–H and O–H groups in total. The first-order chi connectivity index (χ1) is 17.0. The van der Waals surface area contributed by atoms with E-state index in [-0.39, 0.29) is 21.8 Å². The van der Waals surface area contributed by atoms with Crippen molar-refractivity contribution in [3.05, 3.63) is 60.2 Å². The van der Waals surface area contributed by atoms with Gasteiger partial charge < -0.3 is 9.50 Å². The number of amides is 1. The molecule has 2 aromatic rings. The molecule has 1 unspecified atom stereocenters. The van der Waals surface area contributed by atoms with E-state index >= 15 is 0 Å². The predicted molar refractivity (Wildman–Crippen MR) is 142 cm³/mol. The van der Waals surface area contributed by atoms with Gasteiger partial charge in [0.05, 0.1) is 11.5 Å². The summed E-state index contributed by atoms with van der Waals surface area (Å²) in [5, 5.41) is 11.4. The van der Waals surface area contributed by atoms with Crippen LogP contribution in [0.2, 0.25) is 0 Å². The number of carbonyl (C=O) groups is 1. The fourth-order valence-electron chi connectivity index (χ4n) is 3.63. The molecule has 1 saturated heterocycles. The molecule has 7 nitrogen and oxygen atoms in total. The van der Waals surface area contributed by atoms with Crippen molar-refractivity contribution >= 4 is 39.2 Å². The van der Waals surface area contributed by atoms with E-state index in [0.717, 1.165) is 24.8 Å². The summed E-state index contributed by atoms with van der Waals surface area (Å²) < 4.78 is 29.8. The van der Waals surface area contributed by atoms with Crippen molar-refractivity contribution in [2.75, 3.05) is 0 Å². The highest BCUT2D eigenvalue weighted by Crippen LogP contribution is 2.25. The fraction of sp³-hybridized carbons (Fsp3) is 0.423. The second kappa shape index (κ2) is 14.0. The minimum Gasteiger partial charge on any atom is -0.379 e. The Morgan fingerprint density at radius 1 is 0.943 bits per heavy atom. The van der Waals surface area contributed by atoms with E-state index < -0.39 is 10.1 Å². The highest BCUT2D eigenvalue weighted by molar-refractivity contribution is 8.15. The van der Waals surface area contributed by atoms with Gasteiger partial charge in [-0.2, -0.15) is 13.5 Å². The zero-order valence-electron chi connectivity index (χ0n) is 20.1. The first-order valence-electron chi connectivity index (χ1n) is 12.2. The summed E-state index contributed by atoms with van der Waals surface area (Å²) >= 11 is 1.42. The van der Waals surface area contributed by atoms with Crippen LogP contribution in [0.1, 0.15) is 70.3 Å². The third-order valence-electron chi connectivity index (χ3n) is 5.57. The lowest BCUT2D eigenvalue weighted by Gasteiger charge is -2.06. The van der Waals surface area contributed by atoms with E-state index in [0.29, 0.717) is 5.17 Å². The van der Waals surface area contributed by atoms with Crippen LogP contribution in [-0.4, -0.2) is 31.0 Å². The monoisotopic (exact) mass is 515 g/mol. The van der Waals surface area contributed by atoms with Gasteiger partial charge in [0.25, 0.3) is 0 Å².